The second kappa shape index (κ2) is 8.58. The van der Waals surface area contributed by atoms with Crippen molar-refractivity contribution in [3.63, 3.8) is 0 Å². The fourth-order valence-electron chi connectivity index (χ4n) is 4.49. The van der Waals surface area contributed by atoms with E-state index < -0.39 is 6.10 Å². The van der Waals surface area contributed by atoms with E-state index in [2.05, 4.69) is 12.1 Å². The second-order valence-corrected chi connectivity index (χ2v) is 8.42. The van der Waals surface area contributed by atoms with Gasteiger partial charge in [-0.1, -0.05) is 54.6 Å². The van der Waals surface area contributed by atoms with Gasteiger partial charge in [-0.05, 0) is 49.1 Å². The highest BCUT2D eigenvalue weighted by Crippen LogP contribution is 2.27. The molecule has 3 aromatic carbocycles. The van der Waals surface area contributed by atoms with Crippen LogP contribution < -0.4 is 10.2 Å². The first kappa shape index (κ1) is 21.0. The number of hydrogen-bond acceptors (Lipinski definition) is 4. The van der Waals surface area contributed by atoms with E-state index in [-0.39, 0.29) is 11.3 Å². The number of carbonyl (C=O) groups excluding carboxylic acids is 1. The summed E-state index contributed by atoms with van der Waals surface area (Å²) in [5.74, 6) is 0.990. The van der Waals surface area contributed by atoms with Crippen molar-refractivity contribution in [2.75, 3.05) is 6.54 Å². The number of benzene rings is 3. The number of nitrogens with zero attached hydrogens (tertiary/aromatic N) is 1. The first-order valence-electron chi connectivity index (χ1n) is 11.2. The summed E-state index contributed by atoms with van der Waals surface area (Å²) in [6.45, 7) is 4.82. The van der Waals surface area contributed by atoms with E-state index in [4.69, 9.17) is 9.15 Å². The first-order chi connectivity index (χ1) is 16.0. The van der Waals surface area contributed by atoms with Gasteiger partial charge in [0.1, 0.15) is 17.1 Å². The molecule has 0 saturated carbocycles. The van der Waals surface area contributed by atoms with Crippen molar-refractivity contribution in [1.29, 1.82) is 0 Å². The standard InChI is InChI=1S/C28H25NO4/c1-18-26(21-9-4-3-5-10-21)27(30)24-13-12-23(16-25(24)33-18)32-19(2)28(31)29-15-14-20-8-6-7-11-22(20)17-29/h3-13,16,19H,14-15,17H2,1-2H3/t19-/m0/s1. The number of aryl methyl sites for hydroxylation is 1. The van der Waals surface area contributed by atoms with Gasteiger partial charge in [0.15, 0.2) is 6.10 Å². The van der Waals surface area contributed by atoms with Crippen molar-refractivity contribution in [2.24, 2.45) is 0 Å². The third kappa shape index (κ3) is 4.02. The molecule has 0 bridgehead atoms. The molecule has 1 aliphatic rings. The third-order valence-corrected chi connectivity index (χ3v) is 6.21. The molecule has 5 heteroatoms. The van der Waals surface area contributed by atoms with Gasteiger partial charge in [0.25, 0.3) is 5.91 Å². The van der Waals surface area contributed by atoms with Gasteiger partial charge in [-0.25, -0.2) is 0 Å². The lowest BCUT2D eigenvalue weighted by atomic mass is 9.99. The predicted octanol–water partition coefficient (Wildman–Crippen LogP) is 5.12. The van der Waals surface area contributed by atoms with Crippen LogP contribution in [0.4, 0.5) is 0 Å². The minimum Gasteiger partial charge on any atom is -0.481 e. The lowest BCUT2D eigenvalue weighted by molar-refractivity contribution is -0.138. The van der Waals surface area contributed by atoms with Gasteiger partial charge < -0.3 is 14.1 Å². The monoisotopic (exact) mass is 439 g/mol. The SMILES string of the molecule is Cc1oc2cc(O[C@@H](C)C(=O)N3CCc4ccccc4C3)ccc2c(=O)c1-c1ccccc1. The Hall–Kier alpha value is -3.86. The van der Waals surface area contributed by atoms with Crippen molar-refractivity contribution in [3.8, 4) is 16.9 Å². The maximum Gasteiger partial charge on any atom is 0.263 e. The van der Waals surface area contributed by atoms with E-state index in [0.717, 1.165) is 12.0 Å². The van der Waals surface area contributed by atoms with Crippen LogP contribution in [-0.4, -0.2) is 23.5 Å². The Balaban J connectivity index is 1.37. The van der Waals surface area contributed by atoms with Gasteiger partial charge in [-0.2, -0.15) is 0 Å². The average molecular weight is 440 g/mol. The van der Waals surface area contributed by atoms with E-state index in [0.29, 0.717) is 41.1 Å². The van der Waals surface area contributed by atoms with Gasteiger partial charge in [0.2, 0.25) is 5.43 Å². The lowest BCUT2D eigenvalue weighted by Crippen LogP contribution is -2.43. The number of fused-ring (bicyclic) bond motifs is 2. The molecule has 166 valence electrons. The summed E-state index contributed by atoms with van der Waals surface area (Å²) in [7, 11) is 0. The van der Waals surface area contributed by atoms with Crippen molar-refractivity contribution >= 4 is 16.9 Å². The highest BCUT2D eigenvalue weighted by molar-refractivity contribution is 5.84. The fraction of sp³-hybridized carbons (Fsp3) is 0.214. The summed E-state index contributed by atoms with van der Waals surface area (Å²) in [6, 6.07) is 22.8. The predicted molar refractivity (Wildman–Crippen MR) is 128 cm³/mol. The van der Waals surface area contributed by atoms with E-state index >= 15 is 0 Å². The van der Waals surface area contributed by atoms with Crippen molar-refractivity contribution in [2.45, 2.75) is 32.9 Å². The van der Waals surface area contributed by atoms with Crippen molar-refractivity contribution in [3.05, 3.63) is 99.9 Å². The molecule has 5 rings (SSSR count). The molecule has 1 aromatic heterocycles. The van der Waals surface area contributed by atoms with Gasteiger partial charge in [-0.15, -0.1) is 0 Å². The Morgan fingerprint density at radius 2 is 1.73 bits per heavy atom. The van der Waals surface area contributed by atoms with Crippen LogP contribution >= 0.6 is 0 Å². The minimum absolute atomic E-state index is 0.0540. The van der Waals surface area contributed by atoms with E-state index in [1.807, 2.05) is 47.4 Å². The number of carbonyl (C=O) groups is 1. The summed E-state index contributed by atoms with van der Waals surface area (Å²) < 4.78 is 12.0. The minimum atomic E-state index is -0.649. The molecule has 1 amide bonds. The molecule has 0 fully saturated rings. The smallest absolute Gasteiger partial charge is 0.263 e. The molecular formula is C28H25NO4. The normalized spacial score (nSPS) is 14.1. The molecule has 1 aliphatic heterocycles. The Bertz CT molecular complexity index is 1390. The zero-order valence-electron chi connectivity index (χ0n) is 18.7. The van der Waals surface area contributed by atoms with Crippen molar-refractivity contribution < 1.29 is 13.9 Å². The van der Waals surface area contributed by atoms with Gasteiger partial charge in [0, 0.05) is 19.2 Å². The molecule has 0 aliphatic carbocycles. The maximum atomic E-state index is 13.1. The fourth-order valence-corrected chi connectivity index (χ4v) is 4.49. The van der Waals surface area contributed by atoms with Crippen LogP contribution in [0.25, 0.3) is 22.1 Å². The van der Waals surface area contributed by atoms with Gasteiger partial charge >= 0.3 is 0 Å². The van der Waals surface area contributed by atoms with E-state index in [9.17, 15) is 9.59 Å². The molecule has 33 heavy (non-hydrogen) atoms. The molecule has 5 nitrogen and oxygen atoms in total. The number of amides is 1. The molecule has 0 N–H and O–H groups in total. The largest absolute Gasteiger partial charge is 0.481 e. The van der Waals surface area contributed by atoms with Crippen LogP contribution in [-0.2, 0) is 17.8 Å². The summed E-state index contributed by atoms with van der Waals surface area (Å²) >= 11 is 0. The van der Waals surface area contributed by atoms with Crippen LogP contribution in [0.2, 0.25) is 0 Å². The molecular weight excluding hydrogens is 414 g/mol. The van der Waals surface area contributed by atoms with E-state index in [1.54, 1.807) is 32.0 Å². The zero-order valence-corrected chi connectivity index (χ0v) is 18.7. The lowest BCUT2D eigenvalue weighted by Gasteiger charge is -2.31. The quantitative estimate of drug-likeness (QED) is 0.443. The summed E-state index contributed by atoms with van der Waals surface area (Å²) in [6.07, 6.45) is 0.197. The topological polar surface area (TPSA) is 59.8 Å². The Morgan fingerprint density at radius 3 is 2.52 bits per heavy atom. The molecule has 4 aromatic rings. The van der Waals surface area contributed by atoms with Crippen LogP contribution in [0.3, 0.4) is 0 Å². The Kier molecular flexibility index (Phi) is 5.47. The number of hydrogen-bond donors (Lipinski definition) is 0. The Labute approximate surface area is 192 Å². The molecule has 1 atom stereocenters. The van der Waals surface area contributed by atoms with Gasteiger partial charge in [0.05, 0.1) is 10.9 Å². The van der Waals surface area contributed by atoms with Crippen molar-refractivity contribution in [1.82, 2.24) is 4.90 Å². The summed E-state index contributed by atoms with van der Waals surface area (Å²) in [4.78, 5) is 28.0. The van der Waals surface area contributed by atoms with Crippen LogP contribution in [0, 0.1) is 6.92 Å². The highest BCUT2D eigenvalue weighted by Gasteiger charge is 2.26. The third-order valence-electron chi connectivity index (χ3n) is 6.21. The highest BCUT2D eigenvalue weighted by atomic mass is 16.5. The maximum absolute atomic E-state index is 13.1. The van der Waals surface area contributed by atoms with E-state index in [1.165, 1.54) is 11.1 Å². The molecule has 0 unspecified atom stereocenters. The molecule has 0 spiro atoms. The summed E-state index contributed by atoms with van der Waals surface area (Å²) in [5.41, 5.74) is 4.23. The zero-order chi connectivity index (χ0) is 22.9. The average Bonchev–Trinajstić information content (AvgIpc) is 2.83. The van der Waals surface area contributed by atoms with Crippen LogP contribution in [0.5, 0.6) is 5.75 Å². The number of ether oxygens (including phenoxy) is 1. The number of rotatable bonds is 4. The molecule has 0 saturated heterocycles. The summed E-state index contributed by atoms with van der Waals surface area (Å²) in [5, 5.41) is 0.485. The molecule has 2 heterocycles. The van der Waals surface area contributed by atoms with Crippen LogP contribution in [0.1, 0.15) is 23.8 Å². The Morgan fingerprint density at radius 1 is 1.00 bits per heavy atom. The first-order valence-corrected chi connectivity index (χ1v) is 11.2. The van der Waals surface area contributed by atoms with Crippen LogP contribution in [0.15, 0.2) is 82.0 Å². The molecule has 0 radical (unpaired) electrons. The van der Waals surface area contributed by atoms with Gasteiger partial charge in [-0.3, -0.25) is 9.59 Å². The second-order valence-electron chi connectivity index (χ2n) is 8.42.